The molecule has 0 aliphatic rings. The van der Waals surface area contributed by atoms with Crippen LogP contribution in [0, 0.1) is 5.82 Å². The van der Waals surface area contributed by atoms with E-state index in [1.807, 2.05) is 13.8 Å². The summed E-state index contributed by atoms with van der Waals surface area (Å²) in [6.07, 6.45) is 1.45. The number of amides is 1. The van der Waals surface area contributed by atoms with Crippen molar-refractivity contribution in [2.24, 2.45) is 0 Å². The summed E-state index contributed by atoms with van der Waals surface area (Å²) in [6, 6.07) is 9.03. The lowest BCUT2D eigenvalue weighted by molar-refractivity contribution is -0.120. The SMILES string of the molecule is CCC(CC)NC(=O)CN(c1ccc(F)cc1)S(=O)(=O)c1ccc(OC)c(OC)c1. The molecule has 7 nitrogen and oxygen atoms in total. The predicted molar refractivity (Wildman–Crippen MR) is 113 cm³/mol. The number of halogens is 1. The molecular formula is C21H27FN2O5S. The Morgan fingerprint density at radius 3 is 2.17 bits per heavy atom. The van der Waals surface area contributed by atoms with Crippen molar-refractivity contribution < 1.29 is 27.1 Å². The standard InChI is InChI=1S/C21H27FN2O5S/c1-5-16(6-2)23-21(25)14-24(17-9-7-15(22)8-10-17)30(26,27)18-11-12-19(28-3)20(13-18)29-4/h7-13,16H,5-6,14H2,1-4H3,(H,23,25). The zero-order valence-electron chi connectivity index (χ0n) is 17.5. The van der Waals surface area contributed by atoms with Crippen molar-refractivity contribution in [2.75, 3.05) is 25.1 Å². The summed E-state index contributed by atoms with van der Waals surface area (Å²) in [4.78, 5) is 12.5. The number of hydrogen-bond donors (Lipinski definition) is 1. The van der Waals surface area contributed by atoms with E-state index in [-0.39, 0.29) is 22.4 Å². The molecule has 1 amide bonds. The minimum atomic E-state index is -4.15. The molecule has 9 heteroatoms. The van der Waals surface area contributed by atoms with Gasteiger partial charge in [0.15, 0.2) is 11.5 Å². The van der Waals surface area contributed by atoms with Gasteiger partial charge in [-0.25, -0.2) is 12.8 Å². The van der Waals surface area contributed by atoms with Gasteiger partial charge in [-0.05, 0) is 49.2 Å². The third kappa shape index (κ3) is 5.41. The third-order valence-corrected chi connectivity index (χ3v) is 6.47. The zero-order valence-corrected chi connectivity index (χ0v) is 18.3. The Morgan fingerprint density at radius 1 is 1.03 bits per heavy atom. The van der Waals surface area contributed by atoms with Crippen LogP contribution in [0.15, 0.2) is 47.4 Å². The Balaban J connectivity index is 2.47. The minimum Gasteiger partial charge on any atom is -0.493 e. The topological polar surface area (TPSA) is 84.9 Å². The predicted octanol–water partition coefficient (Wildman–Crippen LogP) is 3.34. The van der Waals surface area contributed by atoms with Gasteiger partial charge in [0.05, 0.1) is 24.8 Å². The van der Waals surface area contributed by atoms with Crippen molar-refractivity contribution in [3.05, 3.63) is 48.3 Å². The van der Waals surface area contributed by atoms with E-state index in [1.54, 1.807) is 0 Å². The van der Waals surface area contributed by atoms with Gasteiger partial charge in [0, 0.05) is 12.1 Å². The maximum absolute atomic E-state index is 13.4. The van der Waals surface area contributed by atoms with E-state index in [4.69, 9.17) is 9.47 Å². The van der Waals surface area contributed by atoms with Crippen LogP contribution >= 0.6 is 0 Å². The van der Waals surface area contributed by atoms with Crippen LogP contribution in [0.5, 0.6) is 11.5 Å². The highest BCUT2D eigenvalue weighted by Crippen LogP contribution is 2.32. The fourth-order valence-corrected chi connectivity index (χ4v) is 4.36. The molecule has 0 fully saturated rings. The molecule has 30 heavy (non-hydrogen) atoms. The number of anilines is 1. The van der Waals surface area contributed by atoms with Gasteiger partial charge in [-0.2, -0.15) is 0 Å². The van der Waals surface area contributed by atoms with E-state index in [0.717, 1.165) is 29.3 Å². The second kappa shape index (κ2) is 10.3. The maximum Gasteiger partial charge on any atom is 0.264 e. The smallest absolute Gasteiger partial charge is 0.264 e. The van der Waals surface area contributed by atoms with E-state index in [1.165, 1.54) is 44.6 Å². The number of nitrogens with zero attached hydrogens (tertiary/aromatic N) is 1. The van der Waals surface area contributed by atoms with Gasteiger partial charge in [0.25, 0.3) is 10.0 Å². The molecule has 164 valence electrons. The van der Waals surface area contributed by atoms with Gasteiger partial charge in [-0.1, -0.05) is 13.8 Å². The number of carbonyl (C=O) groups excluding carboxylic acids is 1. The number of ether oxygens (including phenoxy) is 2. The first-order chi connectivity index (χ1) is 14.3. The van der Waals surface area contributed by atoms with Crippen LogP contribution in [0.25, 0.3) is 0 Å². The number of rotatable bonds is 10. The molecule has 0 aromatic heterocycles. The van der Waals surface area contributed by atoms with E-state index in [0.29, 0.717) is 5.75 Å². The second-order valence-corrected chi connectivity index (χ2v) is 8.45. The number of sulfonamides is 1. The molecule has 0 heterocycles. The Morgan fingerprint density at radius 2 is 1.63 bits per heavy atom. The number of nitrogens with one attached hydrogen (secondary N) is 1. The summed E-state index contributed by atoms with van der Waals surface area (Å²) in [7, 11) is -1.31. The average Bonchev–Trinajstić information content (AvgIpc) is 2.75. The Labute approximate surface area is 176 Å². The van der Waals surface area contributed by atoms with Crippen LogP contribution in [0.2, 0.25) is 0 Å². The molecule has 0 aliphatic heterocycles. The lowest BCUT2D eigenvalue weighted by Gasteiger charge is -2.25. The molecule has 0 aliphatic carbocycles. The molecule has 0 spiro atoms. The summed E-state index contributed by atoms with van der Waals surface area (Å²) < 4.78 is 51.5. The molecule has 0 unspecified atom stereocenters. The van der Waals surface area contributed by atoms with Crippen molar-refractivity contribution >= 4 is 21.6 Å². The van der Waals surface area contributed by atoms with E-state index in [2.05, 4.69) is 5.32 Å². The Hall–Kier alpha value is -2.81. The van der Waals surface area contributed by atoms with Crippen LogP contribution in [-0.4, -0.2) is 41.1 Å². The first-order valence-electron chi connectivity index (χ1n) is 9.56. The summed E-state index contributed by atoms with van der Waals surface area (Å²) in [6.45, 7) is 3.43. The van der Waals surface area contributed by atoms with Crippen LogP contribution in [-0.2, 0) is 14.8 Å². The van der Waals surface area contributed by atoms with Crippen molar-refractivity contribution in [2.45, 2.75) is 37.6 Å². The quantitative estimate of drug-likeness (QED) is 0.615. The average molecular weight is 439 g/mol. The first-order valence-corrected chi connectivity index (χ1v) is 11.0. The highest BCUT2D eigenvalue weighted by molar-refractivity contribution is 7.92. The Bertz CT molecular complexity index is 960. The van der Waals surface area contributed by atoms with Crippen molar-refractivity contribution in [1.82, 2.24) is 5.32 Å². The highest BCUT2D eigenvalue weighted by Gasteiger charge is 2.28. The van der Waals surface area contributed by atoms with Gasteiger partial charge >= 0.3 is 0 Å². The second-order valence-electron chi connectivity index (χ2n) is 6.59. The number of carbonyl (C=O) groups is 1. The molecule has 1 N–H and O–H groups in total. The van der Waals surface area contributed by atoms with Crippen LogP contribution in [0.3, 0.4) is 0 Å². The summed E-state index contributed by atoms with van der Waals surface area (Å²) in [5, 5.41) is 2.83. The van der Waals surface area contributed by atoms with E-state index < -0.39 is 28.3 Å². The maximum atomic E-state index is 13.4. The lowest BCUT2D eigenvalue weighted by atomic mass is 10.2. The molecule has 0 atom stereocenters. The number of methoxy groups -OCH3 is 2. The van der Waals surface area contributed by atoms with Gasteiger partial charge in [-0.3, -0.25) is 9.10 Å². The monoisotopic (exact) mass is 438 g/mol. The highest BCUT2D eigenvalue weighted by atomic mass is 32.2. The van der Waals surface area contributed by atoms with Crippen molar-refractivity contribution in [1.29, 1.82) is 0 Å². The molecule has 0 bridgehead atoms. The number of hydrogen-bond acceptors (Lipinski definition) is 5. The van der Waals surface area contributed by atoms with Gasteiger partial charge < -0.3 is 14.8 Å². The molecule has 2 aromatic rings. The molecular weight excluding hydrogens is 411 g/mol. The van der Waals surface area contributed by atoms with Gasteiger partial charge in [-0.15, -0.1) is 0 Å². The lowest BCUT2D eigenvalue weighted by Crippen LogP contribution is -2.44. The molecule has 2 rings (SSSR count). The Kier molecular flexibility index (Phi) is 8.05. The zero-order chi connectivity index (χ0) is 22.3. The normalized spacial score (nSPS) is 11.3. The van der Waals surface area contributed by atoms with Crippen molar-refractivity contribution in [3.63, 3.8) is 0 Å². The first kappa shape index (κ1) is 23.5. The fourth-order valence-electron chi connectivity index (χ4n) is 2.92. The van der Waals surface area contributed by atoms with E-state index in [9.17, 15) is 17.6 Å². The van der Waals surface area contributed by atoms with Crippen LogP contribution in [0.1, 0.15) is 26.7 Å². The van der Waals surface area contributed by atoms with Gasteiger partial charge in [0.1, 0.15) is 12.4 Å². The fraction of sp³-hybridized carbons (Fsp3) is 0.381. The van der Waals surface area contributed by atoms with E-state index >= 15 is 0 Å². The third-order valence-electron chi connectivity index (χ3n) is 4.70. The molecule has 0 radical (unpaired) electrons. The minimum absolute atomic E-state index is 0.0589. The largest absolute Gasteiger partial charge is 0.493 e. The van der Waals surface area contributed by atoms with Gasteiger partial charge in [0.2, 0.25) is 5.91 Å². The van der Waals surface area contributed by atoms with Crippen LogP contribution < -0.4 is 19.1 Å². The van der Waals surface area contributed by atoms with Crippen molar-refractivity contribution in [3.8, 4) is 11.5 Å². The van der Waals surface area contributed by atoms with Crippen LogP contribution in [0.4, 0.5) is 10.1 Å². The molecule has 0 saturated carbocycles. The summed E-state index contributed by atoms with van der Waals surface area (Å²) in [5.74, 6) is -0.351. The summed E-state index contributed by atoms with van der Waals surface area (Å²) in [5.41, 5.74) is 0.172. The molecule has 0 saturated heterocycles. The number of benzene rings is 2. The summed E-state index contributed by atoms with van der Waals surface area (Å²) >= 11 is 0. The molecule has 2 aromatic carbocycles.